The Morgan fingerprint density at radius 1 is 0.774 bits per heavy atom. The van der Waals surface area contributed by atoms with Crippen LogP contribution in [0.2, 0.25) is 0 Å². The van der Waals surface area contributed by atoms with E-state index in [1.54, 1.807) is 0 Å². The van der Waals surface area contributed by atoms with E-state index in [1.165, 1.54) is 41.6 Å². The first-order valence-electron chi connectivity index (χ1n) is 12.6. The second-order valence-corrected chi connectivity index (χ2v) is 10.4. The first-order valence-corrected chi connectivity index (χ1v) is 12.6. The summed E-state index contributed by atoms with van der Waals surface area (Å²) in [5, 5.41) is 0. The van der Waals surface area contributed by atoms with Gasteiger partial charge >= 0.3 is 0 Å². The van der Waals surface area contributed by atoms with Gasteiger partial charge in [0.1, 0.15) is 0 Å². The molecule has 0 saturated carbocycles. The van der Waals surface area contributed by atoms with E-state index in [0.29, 0.717) is 12.0 Å². The Bertz CT molecular complexity index is 665. The summed E-state index contributed by atoms with van der Waals surface area (Å²) in [7, 11) is 0. The number of hydrogen-bond donors (Lipinski definition) is 0. The number of rotatable bonds is 15. The van der Waals surface area contributed by atoms with Gasteiger partial charge < -0.3 is 4.74 Å². The van der Waals surface area contributed by atoms with Crippen LogP contribution in [0.1, 0.15) is 113 Å². The van der Waals surface area contributed by atoms with Gasteiger partial charge in [0.15, 0.2) is 0 Å². The van der Waals surface area contributed by atoms with E-state index < -0.39 is 0 Å². The highest BCUT2D eigenvalue weighted by Crippen LogP contribution is 2.39. The molecule has 2 atom stereocenters. The van der Waals surface area contributed by atoms with Gasteiger partial charge in [0.05, 0.1) is 11.7 Å². The van der Waals surface area contributed by atoms with Crippen LogP contribution >= 0.6 is 0 Å². The lowest BCUT2D eigenvalue weighted by Crippen LogP contribution is -2.02. The summed E-state index contributed by atoms with van der Waals surface area (Å²) in [6.07, 6.45) is 25.2. The van der Waals surface area contributed by atoms with Crippen LogP contribution in [0.4, 0.5) is 0 Å². The van der Waals surface area contributed by atoms with Crippen molar-refractivity contribution in [2.45, 2.75) is 125 Å². The topological polar surface area (TPSA) is 12.5 Å². The van der Waals surface area contributed by atoms with Gasteiger partial charge in [-0.05, 0) is 112 Å². The van der Waals surface area contributed by atoms with Gasteiger partial charge in [-0.25, -0.2) is 0 Å². The normalized spacial score (nSPS) is 20.3. The summed E-state index contributed by atoms with van der Waals surface area (Å²) >= 11 is 0. The molecule has 1 heteroatoms. The van der Waals surface area contributed by atoms with Crippen molar-refractivity contribution in [3.8, 4) is 0 Å². The summed E-state index contributed by atoms with van der Waals surface area (Å²) < 4.78 is 5.69. The molecule has 0 aliphatic carbocycles. The Balaban J connectivity index is 2.19. The molecule has 176 valence electrons. The van der Waals surface area contributed by atoms with Crippen molar-refractivity contribution in [2.24, 2.45) is 5.92 Å². The third-order valence-corrected chi connectivity index (χ3v) is 6.45. The monoisotopic (exact) mass is 426 g/mol. The zero-order valence-electron chi connectivity index (χ0n) is 21.9. The Morgan fingerprint density at radius 2 is 1.35 bits per heavy atom. The quantitative estimate of drug-likeness (QED) is 0.144. The predicted octanol–water partition coefficient (Wildman–Crippen LogP) is 9.67. The molecule has 0 amide bonds. The van der Waals surface area contributed by atoms with Crippen molar-refractivity contribution >= 4 is 0 Å². The highest BCUT2D eigenvalue weighted by atomic mass is 16.6. The van der Waals surface area contributed by atoms with Crippen molar-refractivity contribution in [1.29, 1.82) is 0 Å². The standard InChI is InChI=1S/C30H50O/c1-24(2)16-12-10-9-11-13-17-25(3)18-14-15-19-27(5)28(6)22-20-26(4)21-23-29-30(7,8)31-29/h9,11,16,18-20,28-29H,10,12-15,17,21-23H2,1-8H3/b11-9+,25-18+,26-20+,27-19+. The van der Waals surface area contributed by atoms with E-state index >= 15 is 0 Å². The zero-order chi connectivity index (χ0) is 23.3. The molecule has 1 aliphatic rings. The molecule has 2 unspecified atom stereocenters. The van der Waals surface area contributed by atoms with Crippen LogP contribution < -0.4 is 0 Å². The fourth-order valence-corrected chi connectivity index (χ4v) is 3.72. The smallest absolute Gasteiger partial charge is 0.0892 e. The van der Waals surface area contributed by atoms with E-state index in [4.69, 9.17) is 4.74 Å². The average Bonchev–Trinajstić information content (AvgIpc) is 3.33. The minimum absolute atomic E-state index is 0.127. The highest BCUT2D eigenvalue weighted by molar-refractivity contribution is 5.09. The minimum atomic E-state index is 0.127. The van der Waals surface area contributed by atoms with Crippen molar-refractivity contribution in [2.75, 3.05) is 0 Å². The van der Waals surface area contributed by atoms with Gasteiger partial charge in [0.2, 0.25) is 0 Å². The van der Waals surface area contributed by atoms with Crippen molar-refractivity contribution in [3.05, 3.63) is 58.7 Å². The fraction of sp³-hybridized carbons (Fsp3) is 0.667. The van der Waals surface area contributed by atoms with Crippen molar-refractivity contribution < 1.29 is 4.74 Å². The van der Waals surface area contributed by atoms with Gasteiger partial charge in [0, 0.05) is 0 Å². The minimum Gasteiger partial charge on any atom is -0.367 e. The molecular formula is C30H50O. The van der Waals surface area contributed by atoms with Crippen molar-refractivity contribution in [3.63, 3.8) is 0 Å². The largest absolute Gasteiger partial charge is 0.367 e. The zero-order valence-corrected chi connectivity index (χ0v) is 21.9. The van der Waals surface area contributed by atoms with Crippen LogP contribution in [0.3, 0.4) is 0 Å². The highest BCUT2D eigenvalue weighted by Gasteiger charge is 2.46. The maximum atomic E-state index is 5.69. The van der Waals surface area contributed by atoms with Gasteiger partial charge in [-0.3, -0.25) is 0 Å². The predicted molar refractivity (Wildman–Crippen MR) is 140 cm³/mol. The summed E-state index contributed by atoms with van der Waals surface area (Å²) in [5.74, 6) is 0.630. The van der Waals surface area contributed by atoms with Gasteiger partial charge in [-0.15, -0.1) is 0 Å². The molecule has 0 aromatic heterocycles. The van der Waals surface area contributed by atoms with Crippen molar-refractivity contribution in [1.82, 2.24) is 0 Å². The average molecular weight is 427 g/mol. The van der Waals surface area contributed by atoms with Crippen LogP contribution in [-0.2, 0) is 4.74 Å². The molecule has 1 fully saturated rings. The summed E-state index contributed by atoms with van der Waals surface area (Å²) in [5.41, 5.74) is 6.11. The van der Waals surface area contributed by atoms with Crippen LogP contribution in [-0.4, -0.2) is 11.7 Å². The van der Waals surface area contributed by atoms with E-state index in [1.807, 2.05) is 0 Å². The Morgan fingerprint density at radius 3 is 2.00 bits per heavy atom. The third-order valence-electron chi connectivity index (χ3n) is 6.45. The second-order valence-electron chi connectivity index (χ2n) is 10.4. The molecule has 31 heavy (non-hydrogen) atoms. The summed E-state index contributed by atoms with van der Waals surface area (Å²) in [6, 6.07) is 0. The van der Waals surface area contributed by atoms with Gasteiger partial charge in [0.25, 0.3) is 0 Å². The lowest BCUT2D eigenvalue weighted by atomic mass is 9.95. The van der Waals surface area contributed by atoms with E-state index in [2.05, 4.69) is 91.8 Å². The van der Waals surface area contributed by atoms with Crippen LogP contribution in [0, 0.1) is 5.92 Å². The SMILES string of the molecule is CC(C)=CCC/C=C/CC/C(C)=C/CC/C=C(\C)C(C)C/C=C(\C)CCC1OC1(C)C. The lowest BCUT2D eigenvalue weighted by Gasteiger charge is -2.11. The van der Waals surface area contributed by atoms with E-state index in [9.17, 15) is 0 Å². The lowest BCUT2D eigenvalue weighted by molar-refractivity contribution is 0.320. The molecule has 0 N–H and O–H groups in total. The molecule has 0 radical (unpaired) electrons. The fourth-order valence-electron chi connectivity index (χ4n) is 3.72. The molecule has 0 bridgehead atoms. The van der Waals surface area contributed by atoms with Crippen LogP contribution in [0.5, 0.6) is 0 Å². The van der Waals surface area contributed by atoms with Crippen LogP contribution in [0.25, 0.3) is 0 Å². The molecule has 1 nitrogen and oxygen atoms in total. The maximum Gasteiger partial charge on any atom is 0.0892 e. The first-order chi connectivity index (χ1) is 14.6. The second kappa shape index (κ2) is 14.7. The summed E-state index contributed by atoms with van der Waals surface area (Å²) in [4.78, 5) is 0. The molecule has 0 aromatic carbocycles. The molecule has 0 aromatic rings. The van der Waals surface area contributed by atoms with Crippen LogP contribution in [0.15, 0.2) is 58.7 Å². The molecule has 1 aliphatic heterocycles. The third kappa shape index (κ3) is 13.6. The number of unbranched alkanes of at least 4 members (excludes halogenated alkanes) is 2. The molecular weight excluding hydrogens is 376 g/mol. The van der Waals surface area contributed by atoms with Gasteiger partial charge in [-0.2, -0.15) is 0 Å². The number of ether oxygens (including phenoxy) is 1. The molecule has 0 spiro atoms. The number of hydrogen-bond acceptors (Lipinski definition) is 1. The number of epoxide rings is 1. The Hall–Kier alpha value is -1.34. The molecule has 1 heterocycles. The molecule has 1 rings (SSSR count). The maximum absolute atomic E-state index is 5.69. The first kappa shape index (κ1) is 27.7. The van der Waals surface area contributed by atoms with E-state index in [0.717, 1.165) is 38.5 Å². The Kier molecular flexibility index (Phi) is 13.1. The molecule has 1 saturated heterocycles. The Labute approximate surface area is 194 Å². The summed E-state index contributed by atoms with van der Waals surface area (Å²) in [6.45, 7) is 17.9. The van der Waals surface area contributed by atoms with Gasteiger partial charge in [-0.1, -0.05) is 65.7 Å². The van der Waals surface area contributed by atoms with E-state index in [-0.39, 0.29) is 5.60 Å². The number of allylic oxidation sites excluding steroid dienone is 10.